The minimum atomic E-state index is -4.20. The molecule has 3 atom stereocenters. The zero-order chi connectivity index (χ0) is 21.5. The number of benzene rings is 2. The molecule has 5 nitrogen and oxygen atoms in total. The van der Waals surface area contributed by atoms with Gasteiger partial charge >= 0.3 is 0 Å². The zero-order valence-electron chi connectivity index (χ0n) is 16.0. The first-order valence-electron chi connectivity index (χ1n) is 9.67. The van der Waals surface area contributed by atoms with Gasteiger partial charge in [-0.15, -0.1) is 0 Å². The lowest BCUT2D eigenvalue weighted by Crippen LogP contribution is -2.57. The van der Waals surface area contributed by atoms with Crippen LogP contribution < -0.4 is 4.74 Å². The van der Waals surface area contributed by atoms with Crippen molar-refractivity contribution in [3.8, 4) is 5.75 Å². The molecule has 2 aromatic carbocycles. The van der Waals surface area contributed by atoms with Crippen molar-refractivity contribution >= 4 is 21.4 Å². The van der Waals surface area contributed by atoms with E-state index < -0.39 is 38.2 Å². The molecule has 0 aromatic heterocycles. The van der Waals surface area contributed by atoms with E-state index in [0.29, 0.717) is 17.9 Å². The molecule has 1 fully saturated rings. The fourth-order valence-corrected chi connectivity index (χ4v) is 7.10. The van der Waals surface area contributed by atoms with Gasteiger partial charge in [-0.1, -0.05) is 11.6 Å². The van der Waals surface area contributed by atoms with Crippen LogP contribution in [-0.2, 0) is 19.3 Å². The van der Waals surface area contributed by atoms with Gasteiger partial charge in [0.15, 0.2) is 21.4 Å². The van der Waals surface area contributed by atoms with Crippen LogP contribution in [0.3, 0.4) is 0 Å². The van der Waals surface area contributed by atoms with Gasteiger partial charge in [0.2, 0.25) is 0 Å². The van der Waals surface area contributed by atoms with Crippen LogP contribution in [0.25, 0.3) is 0 Å². The lowest BCUT2D eigenvalue weighted by molar-refractivity contribution is -0.0776. The fourth-order valence-electron chi connectivity index (χ4n) is 4.63. The zero-order valence-corrected chi connectivity index (χ0v) is 17.6. The number of sulfone groups is 1. The van der Waals surface area contributed by atoms with Crippen molar-refractivity contribution in [1.82, 2.24) is 0 Å². The molecule has 1 saturated heterocycles. The molecule has 0 aliphatic carbocycles. The van der Waals surface area contributed by atoms with Gasteiger partial charge in [0, 0.05) is 24.2 Å². The molecule has 2 aliphatic heterocycles. The third-order valence-electron chi connectivity index (χ3n) is 5.99. The summed E-state index contributed by atoms with van der Waals surface area (Å²) >= 11 is 5.92. The van der Waals surface area contributed by atoms with Crippen LogP contribution in [0.5, 0.6) is 5.75 Å². The van der Waals surface area contributed by atoms with Gasteiger partial charge in [-0.2, -0.15) is 0 Å². The van der Waals surface area contributed by atoms with E-state index in [4.69, 9.17) is 21.1 Å². The number of hydrogen-bond donors (Lipinski definition) is 1. The minimum Gasteiger partial charge on any atom is -0.490 e. The number of ether oxygens (including phenoxy) is 2. The second-order valence-electron chi connectivity index (χ2n) is 7.52. The highest BCUT2D eigenvalue weighted by molar-refractivity contribution is 7.92. The van der Waals surface area contributed by atoms with Crippen molar-refractivity contribution in [2.75, 3.05) is 19.8 Å². The molecule has 30 heavy (non-hydrogen) atoms. The first kappa shape index (κ1) is 21.5. The third kappa shape index (κ3) is 3.21. The predicted octanol–water partition coefficient (Wildman–Crippen LogP) is 3.86. The van der Waals surface area contributed by atoms with Crippen LogP contribution in [0.1, 0.15) is 24.8 Å². The van der Waals surface area contributed by atoms with E-state index >= 15 is 4.39 Å². The van der Waals surface area contributed by atoms with Crippen LogP contribution in [-0.4, -0.2) is 39.4 Å². The first-order chi connectivity index (χ1) is 14.3. The van der Waals surface area contributed by atoms with E-state index in [2.05, 4.69) is 0 Å². The quantitative estimate of drug-likeness (QED) is 0.736. The summed E-state index contributed by atoms with van der Waals surface area (Å²) in [6.07, 6.45) is 0.115. The highest BCUT2D eigenvalue weighted by Crippen LogP contribution is 2.55. The molecule has 4 rings (SSSR count). The molecule has 0 saturated carbocycles. The number of rotatable bonds is 5. The SMILES string of the molecule is O=S(=O)(c1ccc(Cl)cc1)[C@]12CCO[C@H](CCCO)[C@H]1COc1c(F)ccc(F)c12. The second kappa shape index (κ2) is 8.07. The normalized spacial score (nSPS) is 25.9. The fraction of sp³-hybridized carbons (Fsp3) is 0.429. The molecule has 9 heteroatoms. The molecule has 0 radical (unpaired) electrons. The predicted molar refractivity (Wildman–Crippen MR) is 106 cm³/mol. The van der Waals surface area contributed by atoms with Crippen molar-refractivity contribution in [2.24, 2.45) is 5.92 Å². The smallest absolute Gasteiger partial charge is 0.189 e. The van der Waals surface area contributed by atoms with E-state index in [0.717, 1.165) is 12.1 Å². The summed E-state index contributed by atoms with van der Waals surface area (Å²) in [5.41, 5.74) is -0.286. The molecular formula is C21H21ClF2O5S. The molecule has 1 N–H and O–H groups in total. The molecular weight excluding hydrogens is 438 g/mol. The van der Waals surface area contributed by atoms with Gasteiger partial charge in [-0.25, -0.2) is 17.2 Å². The largest absolute Gasteiger partial charge is 0.490 e. The van der Waals surface area contributed by atoms with Gasteiger partial charge in [-0.05, 0) is 55.7 Å². The topological polar surface area (TPSA) is 72.8 Å². The van der Waals surface area contributed by atoms with Gasteiger partial charge in [0.05, 0.1) is 23.2 Å². The Morgan fingerprint density at radius 3 is 2.53 bits per heavy atom. The summed E-state index contributed by atoms with van der Waals surface area (Å²) in [4.78, 5) is -0.0313. The van der Waals surface area contributed by atoms with Crippen molar-refractivity contribution in [2.45, 2.75) is 35.0 Å². The molecule has 0 amide bonds. The van der Waals surface area contributed by atoms with Gasteiger partial charge in [0.1, 0.15) is 10.6 Å². The summed E-state index contributed by atoms with van der Waals surface area (Å²) in [6, 6.07) is 7.49. The Labute approximate surface area is 178 Å². The summed E-state index contributed by atoms with van der Waals surface area (Å²) in [5.74, 6) is -2.79. The molecule has 2 heterocycles. The standard InChI is InChI=1S/C21H21ClF2O5S/c22-13-3-5-14(6-4-13)30(26,27)21-9-11-28-18(2-1-10-25)15(21)12-29-20-17(24)8-7-16(23)19(20)21/h3-8,15,18,25H,1-2,9-12H2/t15-,18-,21-/m1/s1. The average Bonchev–Trinajstić information content (AvgIpc) is 2.74. The lowest BCUT2D eigenvalue weighted by Gasteiger charge is -2.50. The van der Waals surface area contributed by atoms with Gasteiger partial charge < -0.3 is 14.6 Å². The van der Waals surface area contributed by atoms with Crippen molar-refractivity contribution in [1.29, 1.82) is 0 Å². The number of aliphatic hydroxyl groups is 1. The van der Waals surface area contributed by atoms with Crippen LogP contribution in [0, 0.1) is 17.6 Å². The number of aliphatic hydroxyl groups excluding tert-OH is 1. The Kier molecular flexibility index (Phi) is 5.78. The molecule has 0 bridgehead atoms. The monoisotopic (exact) mass is 458 g/mol. The van der Waals surface area contributed by atoms with E-state index in [9.17, 15) is 17.9 Å². The van der Waals surface area contributed by atoms with Crippen LogP contribution >= 0.6 is 11.6 Å². The van der Waals surface area contributed by atoms with Crippen LogP contribution in [0.2, 0.25) is 5.02 Å². The summed E-state index contributed by atoms with van der Waals surface area (Å²) < 4.78 is 67.3. The van der Waals surface area contributed by atoms with E-state index in [1.165, 1.54) is 24.3 Å². The molecule has 162 valence electrons. The number of fused-ring (bicyclic) bond motifs is 3. The first-order valence-corrected chi connectivity index (χ1v) is 11.5. The van der Waals surface area contributed by atoms with Crippen LogP contribution in [0.15, 0.2) is 41.3 Å². The maximum atomic E-state index is 15.1. The number of halogens is 3. The highest BCUT2D eigenvalue weighted by atomic mass is 35.5. The third-order valence-corrected chi connectivity index (χ3v) is 8.81. The Morgan fingerprint density at radius 1 is 1.13 bits per heavy atom. The summed E-state index contributed by atoms with van der Waals surface area (Å²) in [7, 11) is -4.20. The maximum Gasteiger partial charge on any atom is 0.189 e. The Balaban J connectivity index is 1.97. The molecule has 0 spiro atoms. The summed E-state index contributed by atoms with van der Waals surface area (Å²) in [5, 5.41) is 9.59. The maximum absolute atomic E-state index is 15.1. The van der Waals surface area contributed by atoms with E-state index in [-0.39, 0.29) is 42.4 Å². The second-order valence-corrected chi connectivity index (χ2v) is 10.2. The summed E-state index contributed by atoms with van der Waals surface area (Å²) in [6.45, 7) is -0.185. The van der Waals surface area contributed by atoms with E-state index in [1.54, 1.807) is 0 Å². The van der Waals surface area contributed by atoms with Gasteiger partial charge in [-0.3, -0.25) is 0 Å². The highest BCUT2D eigenvalue weighted by Gasteiger charge is 2.61. The van der Waals surface area contributed by atoms with E-state index in [1.807, 2.05) is 0 Å². The lowest BCUT2D eigenvalue weighted by atomic mass is 9.75. The van der Waals surface area contributed by atoms with Crippen molar-refractivity contribution in [3.05, 3.63) is 58.6 Å². The Morgan fingerprint density at radius 2 is 1.83 bits per heavy atom. The Bertz CT molecular complexity index is 1040. The van der Waals surface area contributed by atoms with Gasteiger partial charge in [0.25, 0.3) is 0 Å². The van der Waals surface area contributed by atoms with Crippen molar-refractivity contribution in [3.63, 3.8) is 0 Å². The molecule has 2 aromatic rings. The molecule has 2 aliphatic rings. The Hall–Kier alpha value is -1.74. The van der Waals surface area contributed by atoms with Crippen LogP contribution in [0.4, 0.5) is 8.78 Å². The average molecular weight is 459 g/mol. The molecule has 0 unspecified atom stereocenters. The minimum absolute atomic E-state index is 0.0313. The number of hydrogen-bond acceptors (Lipinski definition) is 5. The van der Waals surface area contributed by atoms with Crippen molar-refractivity contribution < 1.29 is 31.8 Å².